The minimum Gasteiger partial charge on any atom is -0.350 e. The number of carbonyl (C=O) groups excluding carboxylic acids is 1. The van der Waals surface area contributed by atoms with Crippen LogP contribution in [0.15, 0.2) is 34.2 Å². The average molecular weight is 527 g/mol. The highest BCUT2D eigenvalue weighted by Crippen LogP contribution is 2.61. The maximum Gasteiger partial charge on any atom is 0.272 e. The van der Waals surface area contributed by atoms with Crippen molar-refractivity contribution in [2.24, 2.45) is 29.1 Å². The van der Waals surface area contributed by atoms with Crippen LogP contribution in [0.2, 0.25) is 0 Å². The minimum atomic E-state index is 0.0150. The molecule has 1 aromatic heterocycles. The molecule has 0 spiro atoms. The summed E-state index contributed by atoms with van der Waals surface area (Å²) in [5.41, 5.74) is 5.97. The number of thioether (sulfide) groups is 1. The van der Waals surface area contributed by atoms with Gasteiger partial charge in [-0.25, -0.2) is 0 Å². The molecule has 1 N–H and O–H groups in total. The summed E-state index contributed by atoms with van der Waals surface area (Å²) in [7, 11) is 0. The van der Waals surface area contributed by atoms with E-state index in [0.717, 1.165) is 30.4 Å². The molecule has 3 saturated carbocycles. The van der Waals surface area contributed by atoms with Crippen LogP contribution in [-0.2, 0) is 13.0 Å². The van der Waals surface area contributed by atoms with Crippen LogP contribution in [0.3, 0.4) is 0 Å². The fourth-order valence-electron chi connectivity index (χ4n) is 6.88. The third-order valence-electron chi connectivity index (χ3n) is 8.97. The number of allylic oxidation sites excluding steroid dienone is 1. The lowest BCUT2D eigenvalue weighted by Gasteiger charge is -2.60. The number of hydrogen-bond donors (Lipinski definition) is 1. The first-order valence-electron chi connectivity index (χ1n) is 12.3. The largest absolute Gasteiger partial charge is 0.350 e. The second-order valence-electron chi connectivity index (χ2n) is 11.1. The van der Waals surface area contributed by atoms with Crippen LogP contribution in [0.4, 0.5) is 0 Å². The summed E-state index contributed by atoms with van der Waals surface area (Å²) in [6.07, 6.45) is 7.12. The Hall–Kier alpha value is -1.53. The van der Waals surface area contributed by atoms with Gasteiger partial charge in [-0.1, -0.05) is 49.8 Å². The molecule has 4 aliphatic carbocycles. The molecule has 6 heteroatoms. The van der Waals surface area contributed by atoms with Gasteiger partial charge in [0.2, 0.25) is 0 Å². The van der Waals surface area contributed by atoms with Crippen LogP contribution < -0.4 is 5.32 Å². The highest BCUT2D eigenvalue weighted by molar-refractivity contribution is 9.14. The fraction of sp³-hybridized carbons (Fsp3) is 0.556. The van der Waals surface area contributed by atoms with Gasteiger partial charge in [0.1, 0.15) is 0 Å². The lowest BCUT2D eigenvalue weighted by Crippen LogP contribution is -2.54. The van der Waals surface area contributed by atoms with Gasteiger partial charge in [-0.15, -0.1) is 11.8 Å². The van der Waals surface area contributed by atoms with Gasteiger partial charge >= 0.3 is 0 Å². The van der Waals surface area contributed by atoms with Crippen LogP contribution in [0.1, 0.15) is 71.2 Å². The van der Waals surface area contributed by atoms with E-state index in [1.807, 2.05) is 11.8 Å². The second kappa shape index (κ2) is 8.01. The highest BCUT2D eigenvalue weighted by Gasteiger charge is 2.54. The number of nitrogens with one attached hydrogen (secondary N) is 1. The second-order valence-corrected chi connectivity index (χ2v) is 13.7. The lowest BCUT2D eigenvalue weighted by atomic mass is 9.45. The molecule has 174 valence electrons. The summed E-state index contributed by atoms with van der Waals surface area (Å²) in [5, 5.41) is 8.56. The van der Waals surface area contributed by atoms with Gasteiger partial charge < -0.3 is 5.32 Å². The maximum atomic E-state index is 13.4. The van der Waals surface area contributed by atoms with Gasteiger partial charge in [-0.3, -0.25) is 9.48 Å². The van der Waals surface area contributed by atoms with Gasteiger partial charge in [0.05, 0.1) is 17.5 Å². The number of aryl methyl sites for hydroxylation is 1. The Balaban J connectivity index is 1.24. The fourth-order valence-corrected chi connectivity index (χ4v) is 9.04. The zero-order chi connectivity index (χ0) is 22.9. The molecule has 0 radical (unpaired) electrons. The summed E-state index contributed by atoms with van der Waals surface area (Å²) >= 11 is 5.54. The van der Waals surface area contributed by atoms with Crippen molar-refractivity contribution in [3.8, 4) is 0 Å². The molecule has 7 rings (SSSR count). The van der Waals surface area contributed by atoms with Crippen molar-refractivity contribution >= 4 is 33.6 Å². The summed E-state index contributed by atoms with van der Waals surface area (Å²) < 4.78 is 3.31. The van der Waals surface area contributed by atoms with Crippen molar-refractivity contribution in [3.05, 3.63) is 62.2 Å². The Labute approximate surface area is 209 Å². The molecule has 33 heavy (non-hydrogen) atoms. The predicted octanol–water partition coefficient (Wildman–Crippen LogP) is 6.24. The SMILES string of the molecule is Cc1ccc(Cn2nc(C(=O)NCC3CCC4CC3C4(C)C)c3c2C2SC(Br)=CC2C3)cc1. The molecule has 2 heterocycles. The molecule has 1 aliphatic heterocycles. The number of benzene rings is 1. The van der Waals surface area contributed by atoms with E-state index in [4.69, 9.17) is 5.10 Å². The average Bonchev–Trinajstić information content (AvgIpc) is 3.43. The molecule has 5 unspecified atom stereocenters. The number of hydrogen-bond acceptors (Lipinski definition) is 3. The van der Waals surface area contributed by atoms with E-state index in [1.165, 1.54) is 39.9 Å². The number of carbonyl (C=O) groups is 1. The summed E-state index contributed by atoms with van der Waals surface area (Å²) in [6.45, 7) is 8.44. The van der Waals surface area contributed by atoms with Crippen molar-refractivity contribution in [2.45, 2.75) is 58.2 Å². The molecule has 2 aromatic rings. The number of rotatable bonds is 5. The van der Waals surface area contributed by atoms with E-state index in [9.17, 15) is 4.79 Å². The van der Waals surface area contributed by atoms with E-state index < -0.39 is 0 Å². The predicted molar refractivity (Wildman–Crippen MR) is 137 cm³/mol. The molecule has 1 amide bonds. The zero-order valence-electron chi connectivity index (χ0n) is 19.6. The first-order valence-corrected chi connectivity index (χ1v) is 14.0. The first-order chi connectivity index (χ1) is 15.8. The summed E-state index contributed by atoms with van der Waals surface area (Å²) in [6, 6.07) is 8.63. The number of amides is 1. The van der Waals surface area contributed by atoms with Gasteiger partial charge in [0.25, 0.3) is 5.91 Å². The third kappa shape index (κ3) is 3.63. The van der Waals surface area contributed by atoms with Gasteiger partial charge in [-0.05, 0) is 77.3 Å². The van der Waals surface area contributed by atoms with Gasteiger partial charge in [0, 0.05) is 21.8 Å². The van der Waals surface area contributed by atoms with E-state index in [0.29, 0.717) is 34.7 Å². The van der Waals surface area contributed by atoms with Gasteiger partial charge in [0.15, 0.2) is 5.69 Å². The summed E-state index contributed by atoms with van der Waals surface area (Å²) in [5.74, 6) is 2.70. The van der Waals surface area contributed by atoms with Crippen LogP contribution in [0, 0.1) is 36.0 Å². The van der Waals surface area contributed by atoms with Crippen LogP contribution in [-0.4, -0.2) is 22.2 Å². The van der Waals surface area contributed by atoms with E-state index in [2.05, 4.69) is 77.0 Å². The molecular formula is C27H32BrN3OS. The molecular weight excluding hydrogens is 494 g/mol. The standard InChI is InChI=1S/C27H32BrN3OS/c1-15-4-6-16(7-5-15)14-31-24-20(10-18-11-22(28)33-25(18)24)23(30-31)26(32)29-13-17-8-9-19-12-21(17)27(19,2)3/h4-7,11,17-19,21,25H,8-10,12-14H2,1-3H3,(H,29,32). The quantitative estimate of drug-likeness (QED) is 0.502. The highest BCUT2D eigenvalue weighted by atomic mass is 79.9. The number of halogens is 1. The Morgan fingerprint density at radius 1 is 1.27 bits per heavy atom. The molecule has 1 aromatic carbocycles. The molecule has 4 nitrogen and oxygen atoms in total. The monoisotopic (exact) mass is 525 g/mol. The van der Waals surface area contributed by atoms with E-state index in [-0.39, 0.29) is 5.91 Å². The van der Waals surface area contributed by atoms with Crippen molar-refractivity contribution in [2.75, 3.05) is 6.54 Å². The Morgan fingerprint density at radius 3 is 2.79 bits per heavy atom. The first kappa shape index (κ1) is 22.0. The molecule has 5 atom stereocenters. The Bertz CT molecular complexity index is 1130. The topological polar surface area (TPSA) is 46.9 Å². The van der Waals surface area contributed by atoms with Crippen molar-refractivity contribution in [3.63, 3.8) is 0 Å². The Morgan fingerprint density at radius 2 is 2.06 bits per heavy atom. The van der Waals surface area contributed by atoms with E-state index >= 15 is 0 Å². The van der Waals surface area contributed by atoms with Crippen LogP contribution in [0.25, 0.3) is 0 Å². The third-order valence-corrected chi connectivity index (χ3v) is 11.0. The number of nitrogens with zero attached hydrogens (tertiary/aromatic N) is 2. The zero-order valence-corrected chi connectivity index (χ0v) is 22.0. The summed E-state index contributed by atoms with van der Waals surface area (Å²) in [4.78, 5) is 13.4. The van der Waals surface area contributed by atoms with Crippen molar-refractivity contribution in [1.82, 2.24) is 15.1 Å². The number of fused-ring (bicyclic) bond motifs is 5. The Kier molecular flexibility index (Phi) is 5.33. The minimum absolute atomic E-state index is 0.0150. The van der Waals surface area contributed by atoms with Gasteiger partial charge in [-0.2, -0.15) is 5.10 Å². The molecule has 3 fully saturated rings. The molecule has 5 aliphatic rings. The van der Waals surface area contributed by atoms with Crippen LogP contribution >= 0.6 is 27.7 Å². The smallest absolute Gasteiger partial charge is 0.272 e. The lowest BCUT2D eigenvalue weighted by molar-refractivity contribution is -0.103. The number of aromatic nitrogens is 2. The normalized spacial score (nSPS) is 30.9. The van der Waals surface area contributed by atoms with Crippen LogP contribution in [0.5, 0.6) is 0 Å². The molecule has 2 bridgehead atoms. The van der Waals surface area contributed by atoms with Crippen molar-refractivity contribution in [1.29, 1.82) is 0 Å². The van der Waals surface area contributed by atoms with E-state index in [1.54, 1.807) is 0 Å². The molecule has 0 saturated heterocycles. The maximum absolute atomic E-state index is 13.4. The van der Waals surface area contributed by atoms with Crippen molar-refractivity contribution < 1.29 is 4.79 Å².